The largest absolute Gasteiger partial charge is 0.322 e. The van der Waals surface area contributed by atoms with E-state index in [1.54, 1.807) is 4.90 Å². The summed E-state index contributed by atoms with van der Waals surface area (Å²) in [6.45, 7) is 4.96. The molecule has 34 heavy (non-hydrogen) atoms. The Morgan fingerprint density at radius 3 is 2.56 bits per heavy atom. The van der Waals surface area contributed by atoms with E-state index in [9.17, 15) is 14.0 Å². The van der Waals surface area contributed by atoms with E-state index in [0.717, 1.165) is 16.1 Å². The molecule has 3 heterocycles. The van der Waals surface area contributed by atoms with Crippen LogP contribution >= 0.6 is 11.3 Å². The zero-order valence-electron chi connectivity index (χ0n) is 18.6. The van der Waals surface area contributed by atoms with Crippen LogP contribution in [-0.2, 0) is 6.54 Å². The summed E-state index contributed by atoms with van der Waals surface area (Å²) in [6, 6.07) is 14.9. The summed E-state index contributed by atoms with van der Waals surface area (Å²) >= 11 is 1.40. The van der Waals surface area contributed by atoms with Gasteiger partial charge in [-0.15, -0.1) is 0 Å². The summed E-state index contributed by atoms with van der Waals surface area (Å²) in [6.07, 6.45) is 0. The lowest BCUT2D eigenvalue weighted by molar-refractivity contribution is 0.142. The van der Waals surface area contributed by atoms with E-state index in [1.165, 1.54) is 46.2 Å². The van der Waals surface area contributed by atoms with Gasteiger partial charge in [0.05, 0.1) is 5.69 Å². The normalized spacial score (nSPS) is 14.5. The van der Waals surface area contributed by atoms with Crippen molar-refractivity contribution in [1.29, 1.82) is 0 Å². The summed E-state index contributed by atoms with van der Waals surface area (Å²) in [5.74, 6) is -0.345. The molecule has 8 nitrogen and oxygen atoms in total. The maximum absolute atomic E-state index is 13.0. The molecule has 0 radical (unpaired) electrons. The van der Waals surface area contributed by atoms with Crippen molar-refractivity contribution in [3.63, 3.8) is 0 Å². The van der Waals surface area contributed by atoms with Crippen LogP contribution in [0, 0.1) is 12.7 Å². The summed E-state index contributed by atoms with van der Waals surface area (Å²) in [7, 11) is 0. The van der Waals surface area contributed by atoms with Crippen molar-refractivity contribution < 1.29 is 9.18 Å². The minimum Gasteiger partial charge on any atom is -0.322 e. The van der Waals surface area contributed by atoms with E-state index >= 15 is 0 Å². The second kappa shape index (κ2) is 9.32. The number of hydrogen-bond donors (Lipinski definition) is 1. The molecule has 5 rings (SSSR count). The van der Waals surface area contributed by atoms with Crippen molar-refractivity contribution in [1.82, 2.24) is 24.4 Å². The van der Waals surface area contributed by atoms with Crippen molar-refractivity contribution in [2.45, 2.75) is 13.5 Å². The number of urea groups is 1. The first-order valence-corrected chi connectivity index (χ1v) is 11.8. The topological polar surface area (TPSA) is 82.8 Å². The van der Waals surface area contributed by atoms with Crippen LogP contribution in [0.1, 0.15) is 11.3 Å². The highest BCUT2D eigenvalue weighted by atomic mass is 32.1. The number of nitrogens with zero attached hydrogens (tertiary/aromatic N) is 5. The van der Waals surface area contributed by atoms with Gasteiger partial charge in [0, 0.05) is 50.0 Å². The van der Waals surface area contributed by atoms with Crippen LogP contribution in [-0.4, -0.2) is 56.6 Å². The predicted molar refractivity (Wildman–Crippen MR) is 130 cm³/mol. The number of carbonyl (C=O) groups excluding carboxylic acids is 1. The van der Waals surface area contributed by atoms with Gasteiger partial charge in [0.15, 0.2) is 0 Å². The number of amides is 2. The van der Waals surface area contributed by atoms with E-state index in [1.807, 2.05) is 31.2 Å². The molecule has 1 fully saturated rings. The molecule has 0 saturated carbocycles. The van der Waals surface area contributed by atoms with Crippen molar-refractivity contribution in [3.8, 4) is 10.6 Å². The third kappa shape index (κ3) is 4.68. The van der Waals surface area contributed by atoms with Crippen LogP contribution in [0.25, 0.3) is 15.5 Å². The molecule has 1 aliphatic heterocycles. The average molecular weight is 479 g/mol. The second-order valence-electron chi connectivity index (χ2n) is 8.20. The highest BCUT2D eigenvalue weighted by molar-refractivity contribution is 7.19. The Balaban J connectivity index is 1.23. The van der Waals surface area contributed by atoms with Crippen LogP contribution < -0.4 is 10.9 Å². The summed E-state index contributed by atoms with van der Waals surface area (Å²) < 4.78 is 14.4. The van der Waals surface area contributed by atoms with Crippen LogP contribution in [0.15, 0.2) is 59.4 Å². The lowest BCUT2D eigenvalue weighted by Crippen LogP contribution is -2.49. The fourth-order valence-corrected chi connectivity index (χ4v) is 4.95. The molecule has 10 heteroatoms. The van der Waals surface area contributed by atoms with Crippen LogP contribution in [0.4, 0.5) is 14.9 Å². The molecule has 0 bridgehead atoms. The maximum atomic E-state index is 13.0. The number of nitrogens with one attached hydrogen (secondary N) is 1. The van der Waals surface area contributed by atoms with Crippen molar-refractivity contribution >= 4 is 28.0 Å². The fraction of sp³-hybridized carbons (Fsp3) is 0.250. The van der Waals surface area contributed by atoms with Crippen LogP contribution in [0.2, 0.25) is 0 Å². The smallest absolute Gasteiger partial charge is 0.321 e. The molecule has 1 aliphatic rings. The molecule has 1 N–H and O–H groups in total. The molecule has 0 spiro atoms. The van der Waals surface area contributed by atoms with Gasteiger partial charge < -0.3 is 10.2 Å². The molecule has 174 valence electrons. The Kier molecular flexibility index (Phi) is 6.08. The number of fused-ring (bicyclic) bond motifs is 1. The zero-order chi connectivity index (χ0) is 23.7. The minimum atomic E-state index is -0.345. The minimum absolute atomic E-state index is 0.201. The quantitative estimate of drug-likeness (QED) is 0.485. The van der Waals surface area contributed by atoms with E-state index in [2.05, 4.69) is 20.3 Å². The van der Waals surface area contributed by atoms with Gasteiger partial charge in [0.1, 0.15) is 10.8 Å². The van der Waals surface area contributed by atoms with Gasteiger partial charge in [0.2, 0.25) is 4.96 Å². The standard InChI is InChI=1S/C24H23FN6O2S/c1-16-4-2-3-5-20(16)22-28-31-21(32)14-19(27-24(31)34-22)15-29-10-12-30(13-11-29)23(33)26-18-8-6-17(25)7-9-18/h2-9,14H,10-13,15H2,1H3,(H,26,33). The summed E-state index contributed by atoms with van der Waals surface area (Å²) in [5.41, 5.74) is 3.13. The predicted octanol–water partition coefficient (Wildman–Crippen LogP) is 3.62. The van der Waals surface area contributed by atoms with E-state index in [4.69, 9.17) is 0 Å². The number of halogens is 1. The molecule has 2 aromatic heterocycles. The molecule has 0 atom stereocenters. The van der Waals surface area contributed by atoms with E-state index in [0.29, 0.717) is 49.1 Å². The van der Waals surface area contributed by atoms with Crippen molar-refractivity contribution in [2.75, 3.05) is 31.5 Å². The SMILES string of the molecule is Cc1ccccc1-c1nn2c(=O)cc(CN3CCN(C(=O)Nc4ccc(F)cc4)CC3)nc2s1. The summed E-state index contributed by atoms with van der Waals surface area (Å²) in [4.78, 5) is 34.3. The first-order chi connectivity index (χ1) is 16.5. The first kappa shape index (κ1) is 22.2. The van der Waals surface area contributed by atoms with Gasteiger partial charge in [0.25, 0.3) is 5.56 Å². The Bertz CT molecular complexity index is 1390. The van der Waals surface area contributed by atoms with Gasteiger partial charge in [-0.3, -0.25) is 9.69 Å². The van der Waals surface area contributed by atoms with Crippen molar-refractivity contribution in [2.24, 2.45) is 0 Å². The third-order valence-corrected chi connectivity index (χ3v) is 6.76. The lowest BCUT2D eigenvalue weighted by atomic mass is 10.1. The monoisotopic (exact) mass is 478 g/mol. The maximum Gasteiger partial charge on any atom is 0.321 e. The molecule has 1 saturated heterocycles. The first-order valence-electron chi connectivity index (χ1n) is 11.0. The Hall–Kier alpha value is -3.63. The number of carbonyl (C=O) groups is 1. The number of aromatic nitrogens is 3. The second-order valence-corrected chi connectivity index (χ2v) is 9.16. The molecular weight excluding hydrogens is 455 g/mol. The van der Waals surface area contributed by atoms with Gasteiger partial charge in [-0.2, -0.15) is 9.61 Å². The number of aryl methyl sites for hydroxylation is 1. The molecule has 0 aliphatic carbocycles. The lowest BCUT2D eigenvalue weighted by Gasteiger charge is -2.34. The Labute approximate surface area is 199 Å². The van der Waals surface area contributed by atoms with Crippen LogP contribution in [0.5, 0.6) is 0 Å². The molecular formula is C24H23FN6O2S. The number of piperazine rings is 1. The number of benzene rings is 2. The van der Waals surface area contributed by atoms with Gasteiger partial charge in [-0.05, 0) is 36.8 Å². The Morgan fingerprint density at radius 2 is 1.82 bits per heavy atom. The molecule has 0 unspecified atom stereocenters. The molecule has 4 aromatic rings. The van der Waals surface area contributed by atoms with Gasteiger partial charge >= 0.3 is 6.03 Å². The molecule has 2 amide bonds. The van der Waals surface area contributed by atoms with Gasteiger partial charge in [-0.25, -0.2) is 14.2 Å². The highest BCUT2D eigenvalue weighted by Gasteiger charge is 2.22. The highest BCUT2D eigenvalue weighted by Crippen LogP contribution is 2.27. The number of rotatable bonds is 4. The average Bonchev–Trinajstić information content (AvgIpc) is 3.26. The van der Waals surface area contributed by atoms with Crippen LogP contribution in [0.3, 0.4) is 0 Å². The third-order valence-electron chi connectivity index (χ3n) is 5.81. The Morgan fingerprint density at radius 1 is 1.09 bits per heavy atom. The zero-order valence-corrected chi connectivity index (χ0v) is 19.4. The van der Waals surface area contributed by atoms with E-state index in [-0.39, 0.29) is 17.4 Å². The van der Waals surface area contributed by atoms with Crippen molar-refractivity contribution in [3.05, 3.63) is 82.0 Å². The molecule has 2 aromatic carbocycles. The fourth-order valence-electron chi connectivity index (χ4n) is 3.93. The summed E-state index contributed by atoms with van der Waals surface area (Å²) in [5, 5.41) is 8.03. The van der Waals surface area contributed by atoms with E-state index < -0.39 is 0 Å². The van der Waals surface area contributed by atoms with Gasteiger partial charge in [-0.1, -0.05) is 35.6 Å². The number of anilines is 1. The number of hydrogen-bond acceptors (Lipinski definition) is 6.